The van der Waals surface area contributed by atoms with Crippen LogP contribution in [-0.2, 0) is 0 Å². The summed E-state index contributed by atoms with van der Waals surface area (Å²) >= 11 is 3.50. The van der Waals surface area contributed by atoms with Gasteiger partial charge in [-0.1, -0.05) is 13.8 Å². The van der Waals surface area contributed by atoms with Gasteiger partial charge in [-0.3, -0.25) is 0 Å². The van der Waals surface area contributed by atoms with Crippen LogP contribution >= 0.6 is 15.9 Å². The Hall–Kier alpha value is -0.570. The molecular formula is C12H17BrN2. The van der Waals surface area contributed by atoms with Crippen LogP contribution in [0.5, 0.6) is 0 Å². The Kier molecular flexibility index (Phi) is 3.01. The number of halogens is 1. The fraction of sp³-hybridized carbons (Fsp3) is 0.583. The minimum absolute atomic E-state index is 0.525. The van der Waals surface area contributed by atoms with E-state index < -0.39 is 0 Å². The Morgan fingerprint density at radius 3 is 2.80 bits per heavy atom. The summed E-state index contributed by atoms with van der Waals surface area (Å²) in [4.78, 5) is 4.31. The van der Waals surface area contributed by atoms with Crippen molar-refractivity contribution >= 4 is 21.7 Å². The topological polar surface area (TPSA) is 24.9 Å². The van der Waals surface area contributed by atoms with Crippen LogP contribution in [0.1, 0.15) is 26.7 Å². The van der Waals surface area contributed by atoms with Gasteiger partial charge in [0.05, 0.1) is 4.47 Å². The third-order valence-electron chi connectivity index (χ3n) is 3.48. The van der Waals surface area contributed by atoms with Crippen molar-refractivity contribution in [3.05, 3.63) is 22.8 Å². The summed E-state index contributed by atoms with van der Waals surface area (Å²) in [5, 5.41) is 3.44. The zero-order valence-electron chi connectivity index (χ0n) is 9.26. The van der Waals surface area contributed by atoms with Crippen molar-refractivity contribution in [2.75, 3.05) is 11.9 Å². The lowest BCUT2D eigenvalue weighted by molar-refractivity contribution is 0.380. The Balaban J connectivity index is 1.97. The number of nitrogens with one attached hydrogen (secondary N) is 1. The van der Waals surface area contributed by atoms with Gasteiger partial charge in [0.25, 0.3) is 0 Å². The molecule has 0 unspecified atom stereocenters. The van der Waals surface area contributed by atoms with Crippen LogP contribution in [0, 0.1) is 11.3 Å². The van der Waals surface area contributed by atoms with Gasteiger partial charge in [0.2, 0.25) is 0 Å². The molecule has 0 bridgehead atoms. The molecule has 0 aliphatic heterocycles. The molecule has 1 aliphatic carbocycles. The molecule has 1 aromatic heterocycles. The van der Waals surface area contributed by atoms with Crippen molar-refractivity contribution in [1.29, 1.82) is 0 Å². The molecule has 3 heteroatoms. The summed E-state index contributed by atoms with van der Waals surface area (Å²) in [5.74, 6) is 1.72. The van der Waals surface area contributed by atoms with Crippen LogP contribution in [0.4, 0.5) is 5.82 Å². The number of pyridine rings is 1. The van der Waals surface area contributed by atoms with E-state index in [2.05, 4.69) is 40.1 Å². The highest BCUT2D eigenvalue weighted by atomic mass is 79.9. The third-order valence-corrected chi connectivity index (χ3v) is 4.12. The second-order valence-electron chi connectivity index (χ2n) is 4.70. The van der Waals surface area contributed by atoms with E-state index in [1.165, 1.54) is 12.8 Å². The fourth-order valence-electron chi connectivity index (χ4n) is 1.89. The van der Waals surface area contributed by atoms with Gasteiger partial charge in [-0.15, -0.1) is 0 Å². The molecule has 1 fully saturated rings. The molecule has 1 heterocycles. The molecule has 0 saturated heterocycles. The van der Waals surface area contributed by atoms with E-state index in [0.717, 1.165) is 22.8 Å². The minimum atomic E-state index is 0.525. The molecule has 2 rings (SSSR count). The van der Waals surface area contributed by atoms with E-state index in [1.807, 2.05) is 18.3 Å². The molecule has 0 spiro atoms. The van der Waals surface area contributed by atoms with Gasteiger partial charge in [-0.2, -0.15) is 0 Å². The predicted octanol–water partition coefficient (Wildman–Crippen LogP) is 3.69. The standard InChI is InChI=1S/C12H17BrN2/c1-9(2)12(5-6-12)8-15-11-10(13)4-3-7-14-11/h3-4,7,9H,5-6,8H2,1-2H3,(H,14,15). The molecule has 82 valence electrons. The smallest absolute Gasteiger partial charge is 0.140 e. The average Bonchev–Trinajstić information content (AvgIpc) is 2.98. The lowest BCUT2D eigenvalue weighted by Gasteiger charge is -2.20. The van der Waals surface area contributed by atoms with Crippen molar-refractivity contribution in [3.63, 3.8) is 0 Å². The molecule has 1 N–H and O–H groups in total. The minimum Gasteiger partial charge on any atom is -0.369 e. The van der Waals surface area contributed by atoms with Gasteiger partial charge >= 0.3 is 0 Å². The SMILES string of the molecule is CC(C)C1(CNc2ncccc2Br)CC1. The second-order valence-corrected chi connectivity index (χ2v) is 5.56. The fourth-order valence-corrected chi connectivity index (χ4v) is 2.29. The molecule has 0 amide bonds. The van der Waals surface area contributed by atoms with Crippen molar-refractivity contribution in [3.8, 4) is 0 Å². The lowest BCUT2D eigenvalue weighted by Crippen LogP contribution is -2.21. The Labute approximate surface area is 99.6 Å². The monoisotopic (exact) mass is 268 g/mol. The van der Waals surface area contributed by atoms with Gasteiger partial charge in [-0.25, -0.2) is 4.98 Å². The van der Waals surface area contributed by atoms with Gasteiger partial charge in [0.1, 0.15) is 5.82 Å². The molecule has 15 heavy (non-hydrogen) atoms. The van der Waals surface area contributed by atoms with Crippen LogP contribution < -0.4 is 5.32 Å². The second kappa shape index (κ2) is 4.12. The Morgan fingerprint density at radius 1 is 1.53 bits per heavy atom. The molecular weight excluding hydrogens is 252 g/mol. The zero-order chi connectivity index (χ0) is 10.9. The molecule has 0 aromatic carbocycles. The third kappa shape index (κ3) is 2.33. The number of anilines is 1. The summed E-state index contributed by atoms with van der Waals surface area (Å²) in [5.41, 5.74) is 0.525. The first-order valence-electron chi connectivity index (χ1n) is 5.48. The first kappa shape index (κ1) is 10.9. The van der Waals surface area contributed by atoms with E-state index in [-0.39, 0.29) is 0 Å². The van der Waals surface area contributed by atoms with E-state index in [9.17, 15) is 0 Å². The first-order chi connectivity index (χ1) is 7.14. The summed E-state index contributed by atoms with van der Waals surface area (Å²) < 4.78 is 1.05. The predicted molar refractivity (Wildman–Crippen MR) is 66.9 cm³/mol. The molecule has 2 nitrogen and oxygen atoms in total. The largest absolute Gasteiger partial charge is 0.369 e. The van der Waals surface area contributed by atoms with Gasteiger partial charge < -0.3 is 5.32 Å². The lowest BCUT2D eigenvalue weighted by atomic mass is 9.92. The number of hydrogen-bond donors (Lipinski definition) is 1. The number of aromatic nitrogens is 1. The van der Waals surface area contributed by atoms with E-state index in [1.54, 1.807) is 0 Å². The highest BCUT2D eigenvalue weighted by Crippen LogP contribution is 2.51. The molecule has 1 aliphatic rings. The summed E-state index contributed by atoms with van der Waals surface area (Å²) in [6.45, 7) is 5.66. The maximum absolute atomic E-state index is 4.31. The molecule has 0 radical (unpaired) electrons. The quantitative estimate of drug-likeness (QED) is 0.901. The summed E-state index contributed by atoms with van der Waals surface area (Å²) in [6.07, 6.45) is 4.52. The highest BCUT2D eigenvalue weighted by Gasteiger charge is 2.44. The van der Waals surface area contributed by atoms with Crippen LogP contribution in [0.15, 0.2) is 22.8 Å². The Morgan fingerprint density at radius 2 is 2.27 bits per heavy atom. The van der Waals surface area contributed by atoms with Crippen LogP contribution in [0.2, 0.25) is 0 Å². The van der Waals surface area contributed by atoms with Crippen molar-refractivity contribution in [2.24, 2.45) is 11.3 Å². The normalized spacial score (nSPS) is 17.9. The number of nitrogens with zero attached hydrogens (tertiary/aromatic N) is 1. The molecule has 1 saturated carbocycles. The van der Waals surface area contributed by atoms with Crippen molar-refractivity contribution in [1.82, 2.24) is 4.98 Å². The van der Waals surface area contributed by atoms with Gasteiger partial charge in [-0.05, 0) is 52.2 Å². The molecule has 1 aromatic rings. The number of rotatable bonds is 4. The van der Waals surface area contributed by atoms with Crippen molar-refractivity contribution < 1.29 is 0 Å². The van der Waals surface area contributed by atoms with Gasteiger partial charge in [0, 0.05) is 12.7 Å². The van der Waals surface area contributed by atoms with Crippen LogP contribution in [-0.4, -0.2) is 11.5 Å². The van der Waals surface area contributed by atoms with E-state index in [4.69, 9.17) is 0 Å². The van der Waals surface area contributed by atoms with E-state index >= 15 is 0 Å². The Bertz CT molecular complexity index is 345. The maximum Gasteiger partial charge on any atom is 0.140 e. The maximum atomic E-state index is 4.31. The number of hydrogen-bond acceptors (Lipinski definition) is 2. The molecule has 0 atom stereocenters. The van der Waals surface area contributed by atoms with Crippen LogP contribution in [0.3, 0.4) is 0 Å². The summed E-state index contributed by atoms with van der Waals surface area (Å²) in [6, 6.07) is 3.95. The van der Waals surface area contributed by atoms with Crippen LogP contribution in [0.25, 0.3) is 0 Å². The van der Waals surface area contributed by atoms with Crippen molar-refractivity contribution in [2.45, 2.75) is 26.7 Å². The first-order valence-corrected chi connectivity index (χ1v) is 6.28. The summed E-state index contributed by atoms with van der Waals surface area (Å²) in [7, 11) is 0. The average molecular weight is 269 g/mol. The highest BCUT2D eigenvalue weighted by molar-refractivity contribution is 9.10. The van der Waals surface area contributed by atoms with E-state index in [0.29, 0.717) is 5.41 Å². The zero-order valence-corrected chi connectivity index (χ0v) is 10.8. The van der Waals surface area contributed by atoms with Gasteiger partial charge in [0.15, 0.2) is 0 Å².